The van der Waals surface area contributed by atoms with Gasteiger partial charge in [-0.2, -0.15) is 0 Å². The maximum atomic E-state index is 13.2. The lowest BCUT2D eigenvalue weighted by molar-refractivity contribution is -0.139. The van der Waals surface area contributed by atoms with Crippen molar-refractivity contribution in [2.45, 2.75) is 13.3 Å². The van der Waals surface area contributed by atoms with Crippen molar-refractivity contribution in [3.8, 4) is 0 Å². The number of hydrogen-bond donors (Lipinski definition) is 0. The highest BCUT2D eigenvalue weighted by molar-refractivity contribution is 6.06. The molecule has 0 fully saturated rings. The molecule has 0 bridgehead atoms. The SMILES string of the molecule is COC(=O)CC(=O)c1cc(C)ccc1F. The number of carbonyl (C=O) groups is 2. The number of Topliss-reactive ketones (excluding diaryl/α,β-unsaturated/α-hetero) is 1. The molecule has 0 aliphatic carbocycles. The number of carbonyl (C=O) groups excluding carboxylic acids is 2. The first-order valence-corrected chi connectivity index (χ1v) is 4.40. The second-order valence-corrected chi connectivity index (χ2v) is 3.16. The summed E-state index contributed by atoms with van der Waals surface area (Å²) in [5.74, 6) is -1.85. The van der Waals surface area contributed by atoms with Crippen molar-refractivity contribution in [3.05, 3.63) is 35.1 Å². The third-order valence-corrected chi connectivity index (χ3v) is 1.95. The van der Waals surface area contributed by atoms with Gasteiger partial charge in [-0.3, -0.25) is 9.59 Å². The number of halogens is 1. The Kier molecular flexibility index (Phi) is 3.55. The van der Waals surface area contributed by atoms with E-state index in [9.17, 15) is 14.0 Å². The first-order valence-electron chi connectivity index (χ1n) is 4.40. The van der Waals surface area contributed by atoms with Gasteiger partial charge in [-0.25, -0.2) is 4.39 Å². The van der Waals surface area contributed by atoms with Crippen LogP contribution in [-0.4, -0.2) is 18.9 Å². The van der Waals surface area contributed by atoms with E-state index >= 15 is 0 Å². The van der Waals surface area contributed by atoms with Crippen LogP contribution in [0.3, 0.4) is 0 Å². The number of esters is 1. The van der Waals surface area contributed by atoms with Crippen molar-refractivity contribution < 1.29 is 18.7 Å². The molecule has 0 heterocycles. The Morgan fingerprint density at radius 1 is 1.40 bits per heavy atom. The molecule has 1 rings (SSSR count). The van der Waals surface area contributed by atoms with Gasteiger partial charge in [0.05, 0.1) is 12.7 Å². The third kappa shape index (κ3) is 2.87. The van der Waals surface area contributed by atoms with E-state index < -0.39 is 24.0 Å². The summed E-state index contributed by atoms with van der Waals surface area (Å²) in [5, 5.41) is 0. The van der Waals surface area contributed by atoms with Gasteiger partial charge < -0.3 is 4.74 Å². The van der Waals surface area contributed by atoms with E-state index in [0.717, 1.165) is 5.56 Å². The highest BCUT2D eigenvalue weighted by Crippen LogP contribution is 2.12. The Labute approximate surface area is 86.9 Å². The summed E-state index contributed by atoms with van der Waals surface area (Å²) in [5.41, 5.74) is 0.699. The summed E-state index contributed by atoms with van der Waals surface area (Å²) < 4.78 is 17.5. The summed E-state index contributed by atoms with van der Waals surface area (Å²) in [6.45, 7) is 1.74. The average Bonchev–Trinajstić information content (AvgIpc) is 2.21. The topological polar surface area (TPSA) is 43.4 Å². The molecule has 4 heteroatoms. The number of ketones is 1. The molecule has 1 aromatic carbocycles. The van der Waals surface area contributed by atoms with E-state index in [-0.39, 0.29) is 5.56 Å². The molecular formula is C11H11FO3. The predicted molar refractivity (Wildman–Crippen MR) is 52.1 cm³/mol. The summed E-state index contributed by atoms with van der Waals surface area (Å²) in [6.07, 6.45) is -0.434. The molecule has 0 aromatic heterocycles. The van der Waals surface area contributed by atoms with E-state index in [1.54, 1.807) is 13.0 Å². The van der Waals surface area contributed by atoms with Crippen LogP contribution < -0.4 is 0 Å². The monoisotopic (exact) mass is 210 g/mol. The number of benzene rings is 1. The highest BCUT2D eigenvalue weighted by atomic mass is 19.1. The molecule has 15 heavy (non-hydrogen) atoms. The number of aryl methyl sites for hydroxylation is 1. The molecule has 0 saturated carbocycles. The van der Waals surface area contributed by atoms with Crippen molar-refractivity contribution in [1.29, 1.82) is 0 Å². The molecule has 1 aromatic rings. The Hall–Kier alpha value is -1.71. The summed E-state index contributed by atoms with van der Waals surface area (Å²) in [7, 11) is 1.18. The van der Waals surface area contributed by atoms with Crippen molar-refractivity contribution in [2.75, 3.05) is 7.11 Å². The molecule has 3 nitrogen and oxygen atoms in total. The molecular weight excluding hydrogens is 199 g/mol. The zero-order valence-corrected chi connectivity index (χ0v) is 8.54. The smallest absolute Gasteiger partial charge is 0.313 e. The van der Waals surface area contributed by atoms with Gasteiger partial charge in [-0.1, -0.05) is 11.6 Å². The van der Waals surface area contributed by atoms with Crippen LogP contribution in [0.25, 0.3) is 0 Å². The number of methoxy groups -OCH3 is 1. The van der Waals surface area contributed by atoms with E-state index in [0.29, 0.717) is 0 Å². The van der Waals surface area contributed by atoms with Gasteiger partial charge in [0.15, 0.2) is 5.78 Å². The number of hydrogen-bond acceptors (Lipinski definition) is 3. The van der Waals surface area contributed by atoms with Gasteiger partial charge in [-0.15, -0.1) is 0 Å². The van der Waals surface area contributed by atoms with Gasteiger partial charge in [0.2, 0.25) is 0 Å². The van der Waals surface area contributed by atoms with E-state index in [4.69, 9.17) is 0 Å². The molecule has 0 aliphatic heterocycles. The normalized spacial score (nSPS) is 9.80. The molecule has 0 saturated heterocycles. The Morgan fingerprint density at radius 2 is 2.07 bits per heavy atom. The van der Waals surface area contributed by atoms with E-state index in [2.05, 4.69) is 4.74 Å². The van der Waals surface area contributed by atoms with Crippen LogP contribution in [0.5, 0.6) is 0 Å². The van der Waals surface area contributed by atoms with Crippen molar-refractivity contribution in [3.63, 3.8) is 0 Å². The van der Waals surface area contributed by atoms with Gasteiger partial charge in [0, 0.05) is 0 Å². The maximum Gasteiger partial charge on any atom is 0.313 e. The van der Waals surface area contributed by atoms with Gasteiger partial charge in [0.1, 0.15) is 12.2 Å². The molecule has 0 unspecified atom stereocenters. The fraction of sp³-hybridized carbons (Fsp3) is 0.273. The van der Waals surface area contributed by atoms with Crippen LogP contribution in [0.1, 0.15) is 22.3 Å². The summed E-state index contributed by atoms with van der Waals surface area (Å²) in [6, 6.07) is 4.19. The van der Waals surface area contributed by atoms with E-state index in [1.165, 1.54) is 19.2 Å². The van der Waals surface area contributed by atoms with Crippen LogP contribution in [0.15, 0.2) is 18.2 Å². The quantitative estimate of drug-likeness (QED) is 0.434. The van der Waals surface area contributed by atoms with Gasteiger partial charge in [-0.05, 0) is 19.1 Å². The van der Waals surface area contributed by atoms with Gasteiger partial charge >= 0.3 is 5.97 Å². The molecule has 0 radical (unpaired) electrons. The number of ether oxygens (including phenoxy) is 1. The van der Waals surface area contributed by atoms with Crippen molar-refractivity contribution in [1.82, 2.24) is 0 Å². The van der Waals surface area contributed by atoms with Crippen LogP contribution >= 0.6 is 0 Å². The average molecular weight is 210 g/mol. The Balaban J connectivity index is 2.91. The third-order valence-electron chi connectivity index (χ3n) is 1.95. The van der Waals surface area contributed by atoms with Crippen LogP contribution in [0, 0.1) is 12.7 Å². The second-order valence-electron chi connectivity index (χ2n) is 3.16. The summed E-state index contributed by atoms with van der Waals surface area (Å²) >= 11 is 0. The first kappa shape index (κ1) is 11.4. The Morgan fingerprint density at radius 3 is 2.67 bits per heavy atom. The standard InChI is InChI=1S/C11H11FO3/c1-7-3-4-9(12)8(5-7)10(13)6-11(14)15-2/h3-5H,6H2,1-2H3. The summed E-state index contributed by atoms with van der Waals surface area (Å²) in [4.78, 5) is 22.3. The zero-order chi connectivity index (χ0) is 11.4. The molecule has 80 valence electrons. The van der Waals surface area contributed by atoms with E-state index in [1.807, 2.05) is 0 Å². The largest absolute Gasteiger partial charge is 0.469 e. The molecule has 0 atom stereocenters. The molecule has 0 spiro atoms. The highest BCUT2D eigenvalue weighted by Gasteiger charge is 2.15. The molecule has 0 amide bonds. The number of rotatable bonds is 3. The van der Waals surface area contributed by atoms with Crippen LogP contribution in [0.2, 0.25) is 0 Å². The minimum absolute atomic E-state index is 0.0691. The van der Waals surface area contributed by atoms with Crippen molar-refractivity contribution in [2.24, 2.45) is 0 Å². The van der Waals surface area contributed by atoms with Crippen LogP contribution in [0.4, 0.5) is 4.39 Å². The fourth-order valence-corrected chi connectivity index (χ4v) is 1.15. The molecule has 0 N–H and O–H groups in total. The van der Waals surface area contributed by atoms with Gasteiger partial charge in [0.25, 0.3) is 0 Å². The minimum atomic E-state index is -0.666. The van der Waals surface area contributed by atoms with Crippen LogP contribution in [-0.2, 0) is 9.53 Å². The van der Waals surface area contributed by atoms with Crippen molar-refractivity contribution >= 4 is 11.8 Å². The second kappa shape index (κ2) is 4.68. The first-order chi connectivity index (χ1) is 7.04. The lowest BCUT2D eigenvalue weighted by atomic mass is 10.1. The fourth-order valence-electron chi connectivity index (χ4n) is 1.15. The lowest BCUT2D eigenvalue weighted by Crippen LogP contribution is -2.11. The maximum absolute atomic E-state index is 13.2. The minimum Gasteiger partial charge on any atom is -0.469 e. The predicted octanol–water partition coefficient (Wildman–Crippen LogP) is 1.88. The zero-order valence-electron chi connectivity index (χ0n) is 8.54. The molecule has 0 aliphatic rings. The lowest BCUT2D eigenvalue weighted by Gasteiger charge is -2.02. The Bertz CT molecular complexity index is 399.